The average Bonchev–Trinajstić information content (AvgIpc) is 2.52. The fourth-order valence-electron chi connectivity index (χ4n) is 1.57. The number of aliphatic hydroxyl groups is 1. The maximum Gasteiger partial charge on any atom is 0.330 e. The Bertz CT molecular complexity index is 592. The molecule has 0 bridgehead atoms. The Morgan fingerprint density at radius 2 is 2.00 bits per heavy atom. The molecule has 7 heteroatoms. The predicted octanol–water partition coefficient (Wildman–Crippen LogP) is 1.99. The minimum absolute atomic E-state index is 0.0545. The van der Waals surface area contributed by atoms with E-state index in [-0.39, 0.29) is 18.6 Å². The smallest absolute Gasteiger partial charge is 0.330 e. The second kappa shape index (κ2) is 7.39. The summed E-state index contributed by atoms with van der Waals surface area (Å²) >= 11 is 0. The van der Waals surface area contributed by atoms with Gasteiger partial charge in [-0.1, -0.05) is 19.1 Å². The van der Waals surface area contributed by atoms with Crippen LogP contribution < -0.4 is 14.8 Å². The highest BCUT2D eigenvalue weighted by Crippen LogP contribution is 2.21. The zero-order valence-electron chi connectivity index (χ0n) is 12.0. The van der Waals surface area contributed by atoms with Crippen LogP contribution in [-0.2, 0) is 6.61 Å². The normalized spacial score (nSPS) is 10.2. The molecule has 0 aliphatic rings. The Kier molecular flexibility index (Phi) is 5.28. The van der Waals surface area contributed by atoms with Crippen LogP contribution in [0, 0.1) is 0 Å². The van der Waals surface area contributed by atoms with Crippen LogP contribution >= 0.6 is 0 Å². The predicted molar refractivity (Wildman–Crippen MR) is 77.6 cm³/mol. The van der Waals surface area contributed by atoms with E-state index in [4.69, 9.17) is 14.6 Å². The molecule has 7 nitrogen and oxygen atoms in total. The molecule has 1 aromatic carbocycles. The molecule has 0 spiro atoms. The molecule has 21 heavy (non-hydrogen) atoms. The number of nitrogens with one attached hydrogen (secondary N) is 1. The molecule has 2 N–H and O–H groups in total. The van der Waals surface area contributed by atoms with E-state index in [0.717, 1.165) is 12.0 Å². The van der Waals surface area contributed by atoms with Gasteiger partial charge in [0.15, 0.2) is 0 Å². The minimum Gasteiger partial charge on any atom is -0.463 e. The van der Waals surface area contributed by atoms with E-state index >= 15 is 0 Å². The number of aromatic nitrogens is 3. The number of aliphatic hydroxyl groups excluding tert-OH is 1. The van der Waals surface area contributed by atoms with E-state index in [1.807, 2.05) is 6.92 Å². The highest BCUT2D eigenvalue weighted by molar-refractivity contribution is 5.32. The van der Waals surface area contributed by atoms with Crippen LogP contribution in [0.15, 0.2) is 24.3 Å². The third-order valence-electron chi connectivity index (χ3n) is 2.54. The Morgan fingerprint density at radius 1 is 1.19 bits per heavy atom. The van der Waals surface area contributed by atoms with Gasteiger partial charge in [0, 0.05) is 7.05 Å². The number of benzene rings is 1. The summed E-state index contributed by atoms with van der Waals surface area (Å²) in [4.78, 5) is 12.3. The molecule has 1 aromatic heterocycles. The van der Waals surface area contributed by atoms with Crippen molar-refractivity contribution in [3.8, 4) is 17.8 Å². The Morgan fingerprint density at radius 3 is 2.71 bits per heavy atom. The van der Waals surface area contributed by atoms with Gasteiger partial charge in [-0.3, -0.25) is 0 Å². The van der Waals surface area contributed by atoms with Gasteiger partial charge in [0.1, 0.15) is 5.75 Å². The monoisotopic (exact) mass is 290 g/mol. The summed E-state index contributed by atoms with van der Waals surface area (Å²) < 4.78 is 11.0. The van der Waals surface area contributed by atoms with Crippen LogP contribution in [0.1, 0.15) is 18.9 Å². The first-order valence-corrected chi connectivity index (χ1v) is 6.69. The molecule has 0 radical (unpaired) electrons. The lowest BCUT2D eigenvalue weighted by Crippen LogP contribution is -2.06. The highest BCUT2D eigenvalue weighted by atomic mass is 16.5. The van der Waals surface area contributed by atoms with Crippen molar-refractivity contribution in [1.29, 1.82) is 0 Å². The van der Waals surface area contributed by atoms with E-state index in [9.17, 15) is 0 Å². The van der Waals surface area contributed by atoms with E-state index in [0.29, 0.717) is 18.3 Å². The molecule has 1 heterocycles. The topological polar surface area (TPSA) is 89.4 Å². The van der Waals surface area contributed by atoms with Crippen molar-refractivity contribution in [3.05, 3.63) is 29.8 Å². The van der Waals surface area contributed by atoms with Crippen LogP contribution in [0.2, 0.25) is 0 Å². The second-order valence-corrected chi connectivity index (χ2v) is 4.23. The van der Waals surface area contributed by atoms with Crippen LogP contribution in [0.25, 0.3) is 0 Å². The lowest BCUT2D eigenvalue weighted by Gasteiger charge is -2.08. The molecule has 0 fully saturated rings. The van der Waals surface area contributed by atoms with Crippen LogP contribution in [0.5, 0.6) is 17.8 Å². The van der Waals surface area contributed by atoms with Gasteiger partial charge in [0.25, 0.3) is 0 Å². The summed E-state index contributed by atoms with van der Waals surface area (Å²) in [6.07, 6.45) is 0.856. The molecule has 0 saturated heterocycles. The lowest BCUT2D eigenvalue weighted by molar-refractivity contribution is 0.280. The fourth-order valence-corrected chi connectivity index (χ4v) is 1.57. The van der Waals surface area contributed by atoms with E-state index in [1.54, 1.807) is 31.3 Å². The van der Waals surface area contributed by atoms with Crippen molar-refractivity contribution < 1.29 is 14.6 Å². The Labute approximate surface area is 123 Å². The second-order valence-electron chi connectivity index (χ2n) is 4.23. The fraction of sp³-hybridized carbons (Fsp3) is 0.357. The Balaban J connectivity index is 2.21. The van der Waals surface area contributed by atoms with Gasteiger partial charge < -0.3 is 19.9 Å². The summed E-state index contributed by atoms with van der Waals surface area (Å²) in [5, 5.41) is 12.0. The zero-order chi connectivity index (χ0) is 15.1. The third-order valence-corrected chi connectivity index (χ3v) is 2.54. The number of rotatable bonds is 7. The summed E-state index contributed by atoms with van der Waals surface area (Å²) in [7, 11) is 1.70. The number of anilines is 1. The first kappa shape index (κ1) is 15.0. The largest absolute Gasteiger partial charge is 0.463 e. The van der Waals surface area contributed by atoms with Gasteiger partial charge in [-0.2, -0.15) is 9.97 Å². The molecule has 112 valence electrons. The molecule has 2 aromatic rings. The van der Waals surface area contributed by atoms with Gasteiger partial charge in [-0.15, -0.1) is 4.98 Å². The van der Waals surface area contributed by atoms with Crippen LogP contribution in [0.3, 0.4) is 0 Å². The van der Waals surface area contributed by atoms with Crippen LogP contribution in [-0.4, -0.2) is 33.7 Å². The summed E-state index contributed by atoms with van der Waals surface area (Å²) in [6, 6.07) is 7.41. The van der Waals surface area contributed by atoms with Gasteiger partial charge in [-0.25, -0.2) is 0 Å². The van der Waals surface area contributed by atoms with Crippen molar-refractivity contribution in [3.63, 3.8) is 0 Å². The van der Waals surface area contributed by atoms with Crippen molar-refractivity contribution in [2.24, 2.45) is 0 Å². The molecule has 0 atom stereocenters. The van der Waals surface area contributed by atoms with Gasteiger partial charge in [0.2, 0.25) is 5.95 Å². The highest BCUT2D eigenvalue weighted by Gasteiger charge is 2.09. The summed E-state index contributed by atoms with van der Waals surface area (Å²) in [5.74, 6) is 0.903. The number of hydrogen-bond acceptors (Lipinski definition) is 7. The van der Waals surface area contributed by atoms with Crippen molar-refractivity contribution >= 4 is 5.95 Å². The van der Waals surface area contributed by atoms with Gasteiger partial charge in [0.05, 0.1) is 13.2 Å². The van der Waals surface area contributed by atoms with Crippen LogP contribution in [0.4, 0.5) is 5.95 Å². The molecular formula is C14H18N4O3. The van der Waals surface area contributed by atoms with Gasteiger partial charge in [-0.05, 0) is 24.1 Å². The molecule has 0 aliphatic heterocycles. The standard InChI is InChI=1S/C14H18N4O3/c1-3-7-20-13-16-12(15-2)17-14(18-13)21-11-6-4-5-10(8-11)9-19/h4-6,8,19H,3,7,9H2,1-2H3,(H,15,16,17,18). The van der Waals surface area contributed by atoms with Gasteiger partial charge >= 0.3 is 12.0 Å². The van der Waals surface area contributed by atoms with Crippen molar-refractivity contribution in [2.45, 2.75) is 20.0 Å². The van der Waals surface area contributed by atoms with Crippen molar-refractivity contribution in [2.75, 3.05) is 19.0 Å². The maximum atomic E-state index is 9.12. The number of ether oxygens (including phenoxy) is 2. The quantitative estimate of drug-likeness (QED) is 0.806. The summed E-state index contributed by atoms with van der Waals surface area (Å²) in [6.45, 7) is 2.46. The first-order valence-electron chi connectivity index (χ1n) is 6.69. The van der Waals surface area contributed by atoms with E-state index < -0.39 is 0 Å². The molecular weight excluding hydrogens is 272 g/mol. The number of nitrogens with zero attached hydrogens (tertiary/aromatic N) is 3. The van der Waals surface area contributed by atoms with Crippen molar-refractivity contribution in [1.82, 2.24) is 15.0 Å². The molecule has 2 rings (SSSR count). The summed E-state index contributed by atoms with van der Waals surface area (Å²) in [5.41, 5.74) is 0.748. The Hall–Kier alpha value is -2.41. The molecule has 0 amide bonds. The zero-order valence-corrected chi connectivity index (χ0v) is 12.0. The lowest BCUT2D eigenvalue weighted by atomic mass is 10.2. The number of hydrogen-bond donors (Lipinski definition) is 2. The first-order chi connectivity index (χ1) is 10.2. The molecule has 0 aliphatic carbocycles. The SMILES string of the molecule is CCCOc1nc(NC)nc(Oc2cccc(CO)c2)n1. The molecule has 0 unspecified atom stereocenters. The minimum atomic E-state index is -0.0545. The molecule has 0 saturated carbocycles. The third kappa shape index (κ3) is 4.28. The van der Waals surface area contributed by atoms with E-state index in [1.165, 1.54) is 0 Å². The van der Waals surface area contributed by atoms with E-state index in [2.05, 4.69) is 20.3 Å². The maximum absolute atomic E-state index is 9.12. The average molecular weight is 290 g/mol.